The summed E-state index contributed by atoms with van der Waals surface area (Å²) in [6.45, 7) is 0. The van der Waals surface area contributed by atoms with E-state index in [0.717, 1.165) is 4.68 Å². The summed E-state index contributed by atoms with van der Waals surface area (Å²) in [4.78, 5) is 0. The van der Waals surface area contributed by atoms with E-state index in [-0.39, 0.29) is 4.77 Å². The van der Waals surface area contributed by atoms with Crippen LogP contribution in [0.4, 0.5) is 8.78 Å². The molecule has 1 aromatic heterocycles. The maximum Gasteiger partial charge on any atom is 0.299 e. The van der Waals surface area contributed by atoms with Crippen LogP contribution in [0.3, 0.4) is 0 Å². The average molecular weight is 284 g/mol. The lowest BCUT2D eigenvalue weighted by molar-refractivity contribution is 0.136. The Morgan fingerprint density at radius 3 is 3.00 bits per heavy atom. The Labute approximate surface area is 112 Å². The Kier molecular flexibility index (Phi) is 4.00. The molecule has 0 saturated heterocycles. The fourth-order valence-corrected chi connectivity index (χ4v) is 1.59. The molecule has 19 heavy (non-hydrogen) atoms. The van der Waals surface area contributed by atoms with Crippen molar-refractivity contribution in [3.63, 3.8) is 0 Å². The Hall–Kier alpha value is -2.09. The molecule has 8 heteroatoms. The molecule has 0 aliphatic rings. The van der Waals surface area contributed by atoms with E-state index in [1.54, 1.807) is 24.3 Å². The summed E-state index contributed by atoms with van der Waals surface area (Å²) in [5, 5.41) is 9.58. The standard InChI is InChI=1S/C11H10F2N4OS/c1-18-8-4-2-3-7(5-8)6-14-17-10(9(12)13)15-16-11(17)19/h2-6,9H,1H3,(H,16,19)/b14-6+. The normalized spacial score (nSPS) is 11.4. The Balaban J connectivity index is 2.32. The van der Waals surface area contributed by atoms with Crippen molar-refractivity contribution in [2.45, 2.75) is 6.43 Å². The Morgan fingerprint density at radius 1 is 1.53 bits per heavy atom. The molecule has 5 nitrogen and oxygen atoms in total. The number of H-pyrrole nitrogens is 1. The molecule has 0 saturated carbocycles. The zero-order valence-electron chi connectivity index (χ0n) is 9.88. The van der Waals surface area contributed by atoms with Crippen LogP contribution in [0.25, 0.3) is 0 Å². The molecule has 0 radical (unpaired) electrons. The van der Waals surface area contributed by atoms with Crippen molar-refractivity contribution in [3.8, 4) is 5.75 Å². The number of benzene rings is 1. The summed E-state index contributed by atoms with van der Waals surface area (Å²) in [7, 11) is 1.54. The molecule has 1 aromatic carbocycles. The van der Waals surface area contributed by atoms with Gasteiger partial charge in [-0.2, -0.15) is 14.9 Å². The van der Waals surface area contributed by atoms with Gasteiger partial charge in [-0.3, -0.25) is 0 Å². The summed E-state index contributed by atoms with van der Waals surface area (Å²) in [6, 6.07) is 7.02. The molecule has 0 fully saturated rings. The molecular weight excluding hydrogens is 274 g/mol. The lowest BCUT2D eigenvalue weighted by Crippen LogP contribution is -1.99. The zero-order valence-corrected chi connectivity index (χ0v) is 10.7. The molecule has 2 aromatic rings. The first kappa shape index (κ1) is 13.3. The number of aromatic nitrogens is 3. The van der Waals surface area contributed by atoms with Gasteiger partial charge in [0.25, 0.3) is 6.43 Å². The van der Waals surface area contributed by atoms with E-state index in [9.17, 15) is 8.78 Å². The zero-order chi connectivity index (χ0) is 13.8. The Morgan fingerprint density at radius 2 is 2.32 bits per heavy atom. The van der Waals surface area contributed by atoms with E-state index in [2.05, 4.69) is 15.3 Å². The minimum absolute atomic E-state index is 0.00875. The molecule has 0 aliphatic carbocycles. The van der Waals surface area contributed by atoms with E-state index >= 15 is 0 Å². The van der Waals surface area contributed by atoms with Crippen LogP contribution in [0.2, 0.25) is 0 Å². The van der Waals surface area contributed by atoms with Gasteiger partial charge in [0.1, 0.15) is 5.75 Å². The van der Waals surface area contributed by atoms with E-state index < -0.39 is 12.2 Å². The number of ether oxygens (including phenoxy) is 1. The third-order valence-electron chi connectivity index (χ3n) is 2.29. The maximum absolute atomic E-state index is 12.6. The van der Waals surface area contributed by atoms with Gasteiger partial charge < -0.3 is 4.74 Å². The topological polar surface area (TPSA) is 55.2 Å². The predicted molar refractivity (Wildman–Crippen MR) is 68.4 cm³/mol. The van der Waals surface area contributed by atoms with Crippen molar-refractivity contribution < 1.29 is 13.5 Å². The molecule has 0 unspecified atom stereocenters. The molecule has 0 aliphatic heterocycles. The van der Waals surface area contributed by atoms with Crippen molar-refractivity contribution in [2.24, 2.45) is 5.10 Å². The fraction of sp³-hybridized carbons (Fsp3) is 0.182. The summed E-state index contributed by atoms with van der Waals surface area (Å²) in [6.07, 6.45) is -1.35. The second-order valence-corrected chi connectivity index (χ2v) is 3.91. The number of alkyl halides is 2. The summed E-state index contributed by atoms with van der Waals surface area (Å²) in [5.74, 6) is 0.123. The highest BCUT2D eigenvalue weighted by Gasteiger charge is 2.15. The van der Waals surface area contributed by atoms with Crippen LogP contribution in [0.1, 0.15) is 17.8 Å². The maximum atomic E-state index is 12.6. The van der Waals surface area contributed by atoms with E-state index in [0.29, 0.717) is 11.3 Å². The van der Waals surface area contributed by atoms with Crippen LogP contribution in [0.5, 0.6) is 5.75 Å². The Bertz CT molecular complexity index is 650. The number of nitrogens with zero attached hydrogens (tertiary/aromatic N) is 3. The molecule has 1 N–H and O–H groups in total. The number of rotatable bonds is 4. The van der Waals surface area contributed by atoms with Gasteiger partial charge in [0.2, 0.25) is 10.6 Å². The molecule has 0 atom stereocenters. The van der Waals surface area contributed by atoms with E-state index in [1.807, 2.05) is 0 Å². The second kappa shape index (κ2) is 5.70. The van der Waals surface area contributed by atoms with Crippen molar-refractivity contribution in [1.29, 1.82) is 0 Å². The van der Waals surface area contributed by atoms with Crippen molar-refractivity contribution in [1.82, 2.24) is 14.9 Å². The molecule has 100 valence electrons. The number of methoxy groups -OCH3 is 1. The quantitative estimate of drug-likeness (QED) is 0.694. The molecule has 0 amide bonds. The van der Waals surface area contributed by atoms with Gasteiger partial charge >= 0.3 is 0 Å². The lowest BCUT2D eigenvalue weighted by atomic mass is 10.2. The fourth-order valence-electron chi connectivity index (χ4n) is 1.40. The first-order valence-corrected chi connectivity index (χ1v) is 5.66. The highest BCUT2D eigenvalue weighted by Crippen LogP contribution is 2.16. The minimum atomic E-state index is -2.75. The van der Waals surface area contributed by atoms with Crippen LogP contribution < -0.4 is 4.74 Å². The second-order valence-electron chi connectivity index (χ2n) is 3.52. The summed E-state index contributed by atoms with van der Waals surface area (Å²) < 4.78 is 31.2. The molecule has 2 rings (SSSR count). The van der Waals surface area contributed by atoms with Crippen LogP contribution >= 0.6 is 12.2 Å². The van der Waals surface area contributed by atoms with Crippen molar-refractivity contribution in [3.05, 3.63) is 40.4 Å². The van der Waals surface area contributed by atoms with E-state index in [1.165, 1.54) is 13.3 Å². The third kappa shape index (κ3) is 3.02. The monoisotopic (exact) mass is 284 g/mol. The van der Waals surface area contributed by atoms with Gasteiger partial charge in [0.05, 0.1) is 13.3 Å². The van der Waals surface area contributed by atoms with Gasteiger partial charge in [-0.15, -0.1) is 0 Å². The number of nitrogens with one attached hydrogen (secondary N) is 1. The van der Waals surface area contributed by atoms with Crippen LogP contribution in [0, 0.1) is 4.77 Å². The highest BCUT2D eigenvalue weighted by atomic mass is 32.1. The van der Waals surface area contributed by atoms with Gasteiger partial charge in [0.15, 0.2) is 0 Å². The largest absolute Gasteiger partial charge is 0.497 e. The first-order valence-electron chi connectivity index (χ1n) is 5.25. The van der Waals surface area contributed by atoms with Crippen LogP contribution in [0.15, 0.2) is 29.4 Å². The predicted octanol–water partition coefficient (Wildman–Crippen LogP) is 2.77. The van der Waals surface area contributed by atoms with Gasteiger partial charge in [-0.25, -0.2) is 13.9 Å². The lowest BCUT2D eigenvalue weighted by Gasteiger charge is -2.01. The van der Waals surface area contributed by atoms with Crippen LogP contribution in [-0.4, -0.2) is 28.2 Å². The van der Waals surface area contributed by atoms with Gasteiger partial charge in [-0.1, -0.05) is 12.1 Å². The highest BCUT2D eigenvalue weighted by molar-refractivity contribution is 7.71. The molecular formula is C11H10F2N4OS. The first-order chi connectivity index (χ1) is 9.11. The number of halogens is 2. The van der Waals surface area contributed by atoms with Gasteiger partial charge in [-0.05, 0) is 29.9 Å². The summed E-state index contributed by atoms with van der Waals surface area (Å²) >= 11 is 4.83. The molecule has 0 bridgehead atoms. The number of hydrogen-bond donors (Lipinski definition) is 1. The van der Waals surface area contributed by atoms with Crippen molar-refractivity contribution >= 4 is 18.4 Å². The minimum Gasteiger partial charge on any atom is -0.497 e. The summed E-state index contributed by atoms with van der Waals surface area (Å²) in [5.41, 5.74) is 0.697. The SMILES string of the molecule is COc1cccc(/C=N/n2c(C(F)F)n[nH]c2=S)c1. The van der Waals surface area contributed by atoms with Gasteiger partial charge in [0, 0.05) is 0 Å². The van der Waals surface area contributed by atoms with Crippen molar-refractivity contribution in [2.75, 3.05) is 7.11 Å². The molecule has 1 heterocycles. The number of hydrogen-bond acceptors (Lipinski definition) is 4. The average Bonchev–Trinajstić information content (AvgIpc) is 2.78. The number of aromatic amines is 1. The van der Waals surface area contributed by atoms with Crippen LogP contribution in [-0.2, 0) is 0 Å². The van der Waals surface area contributed by atoms with E-state index in [4.69, 9.17) is 17.0 Å². The third-order valence-corrected chi connectivity index (χ3v) is 2.55. The smallest absolute Gasteiger partial charge is 0.299 e. The molecule has 0 spiro atoms.